The molecular weight excluding hydrogens is 164 g/mol. The lowest BCUT2D eigenvalue weighted by atomic mass is 9.99. The Balaban J connectivity index is 4.75. The van der Waals surface area contributed by atoms with Crippen molar-refractivity contribution in [1.29, 1.82) is 0 Å². The SMILES string of the molecule is CCC(=O)C(=CC(C)C)C(=O)CC. The van der Waals surface area contributed by atoms with Gasteiger partial charge >= 0.3 is 0 Å². The van der Waals surface area contributed by atoms with E-state index in [2.05, 4.69) is 0 Å². The van der Waals surface area contributed by atoms with Crippen molar-refractivity contribution < 1.29 is 9.59 Å². The van der Waals surface area contributed by atoms with Crippen molar-refractivity contribution in [3.05, 3.63) is 11.6 Å². The zero-order valence-corrected chi connectivity index (χ0v) is 8.89. The molecule has 2 nitrogen and oxygen atoms in total. The normalized spacial score (nSPS) is 9.92. The first-order chi connectivity index (χ1) is 6.02. The molecule has 0 aliphatic rings. The third kappa shape index (κ3) is 4.02. The first-order valence-electron chi connectivity index (χ1n) is 4.81. The van der Waals surface area contributed by atoms with Gasteiger partial charge in [0.2, 0.25) is 0 Å². The summed E-state index contributed by atoms with van der Waals surface area (Å²) in [5.41, 5.74) is 0.389. The monoisotopic (exact) mass is 182 g/mol. The lowest BCUT2D eigenvalue weighted by Crippen LogP contribution is -2.12. The number of ketones is 2. The molecule has 0 spiro atoms. The van der Waals surface area contributed by atoms with E-state index in [-0.39, 0.29) is 17.5 Å². The molecule has 0 N–H and O–H groups in total. The Morgan fingerprint density at radius 2 is 1.46 bits per heavy atom. The summed E-state index contributed by atoms with van der Waals surface area (Å²) in [4.78, 5) is 22.7. The van der Waals surface area contributed by atoms with Crippen LogP contribution in [0.1, 0.15) is 40.5 Å². The number of Topliss-reactive ketones (excluding diaryl/α,β-unsaturated/α-hetero) is 2. The minimum Gasteiger partial charge on any atom is -0.294 e. The number of hydrogen-bond acceptors (Lipinski definition) is 2. The van der Waals surface area contributed by atoms with Crippen LogP contribution in [0.4, 0.5) is 0 Å². The fraction of sp³-hybridized carbons (Fsp3) is 0.636. The molecule has 0 aromatic rings. The maximum Gasteiger partial charge on any atom is 0.165 e. The van der Waals surface area contributed by atoms with Gasteiger partial charge in [0.05, 0.1) is 5.57 Å². The van der Waals surface area contributed by atoms with Gasteiger partial charge in [-0.25, -0.2) is 0 Å². The van der Waals surface area contributed by atoms with Gasteiger partial charge in [0.1, 0.15) is 0 Å². The minimum atomic E-state index is -0.0412. The number of hydrogen-bond donors (Lipinski definition) is 0. The largest absolute Gasteiger partial charge is 0.294 e. The average molecular weight is 182 g/mol. The van der Waals surface area contributed by atoms with Gasteiger partial charge in [0.15, 0.2) is 11.6 Å². The molecule has 0 saturated carbocycles. The van der Waals surface area contributed by atoms with Crippen molar-refractivity contribution in [2.24, 2.45) is 5.92 Å². The molecule has 0 rings (SSSR count). The molecule has 0 fully saturated rings. The molecule has 0 radical (unpaired) electrons. The second-order valence-corrected chi connectivity index (χ2v) is 3.38. The third-order valence-corrected chi connectivity index (χ3v) is 1.74. The summed E-state index contributed by atoms with van der Waals surface area (Å²) in [6, 6.07) is 0. The van der Waals surface area contributed by atoms with Crippen LogP contribution in [0.15, 0.2) is 11.6 Å². The summed E-state index contributed by atoms with van der Waals surface area (Å²) in [6.07, 6.45) is 2.58. The molecule has 2 heteroatoms. The van der Waals surface area contributed by atoms with Crippen molar-refractivity contribution in [2.75, 3.05) is 0 Å². The second kappa shape index (κ2) is 5.68. The number of carbonyl (C=O) groups is 2. The zero-order valence-electron chi connectivity index (χ0n) is 8.89. The lowest BCUT2D eigenvalue weighted by Gasteiger charge is -2.04. The molecule has 74 valence electrons. The van der Waals surface area contributed by atoms with Crippen LogP contribution in [0.25, 0.3) is 0 Å². The van der Waals surface area contributed by atoms with E-state index in [1.54, 1.807) is 19.9 Å². The molecule has 0 bridgehead atoms. The Bertz CT molecular complexity index is 206. The summed E-state index contributed by atoms with van der Waals surface area (Å²) in [6.45, 7) is 7.48. The zero-order chi connectivity index (χ0) is 10.4. The summed E-state index contributed by atoms with van der Waals surface area (Å²) in [5, 5.41) is 0. The van der Waals surface area contributed by atoms with Crippen molar-refractivity contribution in [3.63, 3.8) is 0 Å². The summed E-state index contributed by atoms with van der Waals surface area (Å²) < 4.78 is 0. The van der Waals surface area contributed by atoms with Crippen molar-refractivity contribution >= 4 is 11.6 Å². The number of rotatable bonds is 5. The van der Waals surface area contributed by atoms with Crippen LogP contribution in [-0.4, -0.2) is 11.6 Å². The van der Waals surface area contributed by atoms with Crippen molar-refractivity contribution in [2.45, 2.75) is 40.5 Å². The van der Waals surface area contributed by atoms with Crippen LogP contribution in [0.5, 0.6) is 0 Å². The van der Waals surface area contributed by atoms with Crippen molar-refractivity contribution in [3.8, 4) is 0 Å². The molecule has 0 aromatic carbocycles. The van der Waals surface area contributed by atoms with Crippen LogP contribution in [-0.2, 0) is 9.59 Å². The average Bonchev–Trinajstić information content (AvgIpc) is 2.11. The summed E-state index contributed by atoms with van der Waals surface area (Å²) >= 11 is 0. The maximum absolute atomic E-state index is 11.4. The van der Waals surface area contributed by atoms with Crippen molar-refractivity contribution in [1.82, 2.24) is 0 Å². The highest BCUT2D eigenvalue weighted by Gasteiger charge is 2.14. The van der Waals surface area contributed by atoms with E-state index in [1.165, 1.54) is 0 Å². The second-order valence-electron chi connectivity index (χ2n) is 3.38. The quantitative estimate of drug-likeness (QED) is 0.372. The summed E-state index contributed by atoms with van der Waals surface area (Å²) in [7, 11) is 0. The fourth-order valence-electron chi connectivity index (χ4n) is 1.06. The maximum atomic E-state index is 11.4. The van der Waals surface area contributed by atoms with Gasteiger partial charge in [-0.1, -0.05) is 33.8 Å². The predicted octanol–water partition coefficient (Wildman–Crippen LogP) is 2.53. The first kappa shape index (κ1) is 12.1. The van der Waals surface area contributed by atoms with Gasteiger partial charge in [-0.15, -0.1) is 0 Å². The van der Waals surface area contributed by atoms with Crippen LogP contribution in [0.2, 0.25) is 0 Å². The number of carbonyl (C=O) groups excluding carboxylic acids is 2. The molecular formula is C11H18O2. The summed E-state index contributed by atoms with van der Waals surface area (Å²) in [5.74, 6) is 0.169. The molecule has 0 heterocycles. The van der Waals surface area contributed by atoms with E-state index in [4.69, 9.17) is 0 Å². The molecule has 0 aliphatic heterocycles. The van der Waals surface area contributed by atoms with Crippen LogP contribution >= 0.6 is 0 Å². The third-order valence-electron chi connectivity index (χ3n) is 1.74. The van der Waals surface area contributed by atoms with Crippen LogP contribution in [0, 0.1) is 5.92 Å². The highest BCUT2D eigenvalue weighted by molar-refractivity contribution is 6.19. The smallest absolute Gasteiger partial charge is 0.165 e. The van der Waals surface area contributed by atoms with E-state index in [0.29, 0.717) is 18.4 Å². The minimum absolute atomic E-state index is 0.0412. The molecule has 0 saturated heterocycles. The first-order valence-corrected chi connectivity index (χ1v) is 4.81. The Morgan fingerprint density at radius 3 is 1.69 bits per heavy atom. The Hall–Kier alpha value is -0.920. The van der Waals surface area contributed by atoms with Gasteiger partial charge in [0, 0.05) is 12.8 Å². The van der Waals surface area contributed by atoms with E-state index >= 15 is 0 Å². The van der Waals surface area contributed by atoms with E-state index < -0.39 is 0 Å². The highest BCUT2D eigenvalue weighted by atomic mass is 16.1. The standard InChI is InChI=1S/C11H18O2/c1-5-10(12)9(7-8(3)4)11(13)6-2/h7-8H,5-6H2,1-4H3. The van der Waals surface area contributed by atoms with Gasteiger partial charge in [-0.3, -0.25) is 9.59 Å². The Labute approximate surface area is 80.0 Å². The molecule has 0 aliphatic carbocycles. The Morgan fingerprint density at radius 1 is 1.08 bits per heavy atom. The van der Waals surface area contributed by atoms with E-state index in [1.807, 2.05) is 13.8 Å². The predicted molar refractivity (Wildman–Crippen MR) is 53.5 cm³/mol. The van der Waals surface area contributed by atoms with Crippen LogP contribution < -0.4 is 0 Å². The van der Waals surface area contributed by atoms with Gasteiger partial charge < -0.3 is 0 Å². The fourth-order valence-corrected chi connectivity index (χ4v) is 1.06. The highest BCUT2D eigenvalue weighted by Crippen LogP contribution is 2.08. The van der Waals surface area contributed by atoms with E-state index in [0.717, 1.165) is 0 Å². The van der Waals surface area contributed by atoms with Gasteiger partial charge in [0.25, 0.3) is 0 Å². The van der Waals surface area contributed by atoms with Gasteiger partial charge in [-0.2, -0.15) is 0 Å². The lowest BCUT2D eigenvalue weighted by molar-refractivity contribution is -0.121. The molecule has 0 amide bonds. The number of allylic oxidation sites excluding steroid dienone is 2. The van der Waals surface area contributed by atoms with Crippen LogP contribution in [0.3, 0.4) is 0 Å². The molecule has 0 atom stereocenters. The van der Waals surface area contributed by atoms with Gasteiger partial charge in [-0.05, 0) is 5.92 Å². The van der Waals surface area contributed by atoms with E-state index in [9.17, 15) is 9.59 Å². The molecule has 0 unspecified atom stereocenters. The molecule has 0 aromatic heterocycles. The Kier molecular flexibility index (Phi) is 5.28. The molecule has 13 heavy (non-hydrogen) atoms. The topological polar surface area (TPSA) is 34.1 Å².